The molecular formula is C11H9BrN2O2S. The van der Waals surface area contributed by atoms with E-state index in [1.54, 1.807) is 15.9 Å². The normalized spacial score (nSPS) is 13.1. The molecule has 0 aromatic carbocycles. The number of ether oxygens (including phenoxy) is 1. The van der Waals surface area contributed by atoms with E-state index in [9.17, 15) is 4.79 Å². The molecule has 6 heteroatoms. The lowest BCUT2D eigenvalue weighted by Gasteiger charge is -2.18. The molecule has 0 spiro atoms. The molecule has 0 saturated carbocycles. The van der Waals surface area contributed by atoms with Gasteiger partial charge in [-0.05, 0) is 34.0 Å². The molecule has 3 heterocycles. The number of rotatable bonds is 1. The molecule has 0 amide bonds. The first-order valence-corrected chi connectivity index (χ1v) is 6.74. The third kappa shape index (κ3) is 1.71. The lowest BCUT2D eigenvalue weighted by atomic mass is 10.1. The van der Waals surface area contributed by atoms with Crippen LogP contribution >= 0.6 is 27.3 Å². The Balaban J connectivity index is 2.30. The van der Waals surface area contributed by atoms with Crippen LogP contribution in [0.5, 0.6) is 5.88 Å². The van der Waals surface area contributed by atoms with Crippen molar-refractivity contribution >= 4 is 27.3 Å². The van der Waals surface area contributed by atoms with Crippen LogP contribution in [0.25, 0.3) is 10.6 Å². The van der Waals surface area contributed by atoms with E-state index in [4.69, 9.17) is 4.74 Å². The first-order chi connectivity index (χ1) is 8.19. The second-order valence-electron chi connectivity index (χ2n) is 3.77. The Morgan fingerprint density at radius 3 is 3.12 bits per heavy atom. The van der Waals surface area contributed by atoms with Crippen molar-refractivity contribution in [3.63, 3.8) is 0 Å². The Bertz CT molecular complexity index is 647. The molecule has 2 aromatic rings. The van der Waals surface area contributed by atoms with Gasteiger partial charge in [0.05, 0.1) is 21.5 Å². The maximum absolute atomic E-state index is 11.8. The maximum Gasteiger partial charge on any atom is 0.351 e. The topological polar surface area (TPSA) is 44.1 Å². The number of nitrogens with zero attached hydrogens (tertiary/aromatic N) is 2. The fourth-order valence-electron chi connectivity index (χ4n) is 2.02. The molecule has 0 atom stereocenters. The van der Waals surface area contributed by atoms with Gasteiger partial charge in [-0.2, -0.15) is 4.98 Å². The average molecular weight is 313 g/mol. The van der Waals surface area contributed by atoms with Crippen LogP contribution in [-0.4, -0.2) is 16.7 Å². The minimum atomic E-state index is -0.241. The van der Waals surface area contributed by atoms with Gasteiger partial charge >= 0.3 is 5.69 Å². The second-order valence-corrected chi connectivity index (χ2v) is 6.20. The summed E-state index contributed by atoms with van der Waals surface area (Å²) in [5, 5.41) is 0. The van der Waals surface area contributed by atoms with Gasteiger partial charge in [0.15, 0.2) is 0 Å². The lowest BCUT2D eigenvalue weighted by molar-refractivity contribution is 0.392. The van der Waals surface area contributed by atoms with Crippen LogP contribution in [0.3, 0.4) is 0 Å². The van der Waals surface area contributed by atoms with Crippen LogP contribution < -0.4 is 10.4 Å². The molecule has 1 aliphatic heterocycles. The largest absolute Gasteiger partial charge is 0.481 e. The predicted octanol–water partition coefficient (Wildman–Crippen LogP) is 2.30. The molecule has 0 aliphatic carbocycles. The molecule has 2 aromatic heterocycles. The average Bonchev–Trinajstić information content (AvgIpc) is 2.69. The van der Waals surface area contributed by atoms with E-state index in [-0.39, 0.29) is 5.69 Å². The first kappa shape index (κ1) is 11.0. The van der Waals surface area contributed by atoms with Gasteiger partial charge in [-0.3, -0.25) is 4.57 Å². The van der Waals surface area contributed by atoms with Crippen LogP contribution in [0.1, 0.15) is 5.56 Å². The summed E-state index contributed by atoms with van der Waals surface area (Å²) in [7, 11) is 1.52. The molecule has 0 N–H and O–H groups in total. The summed E-state index contributed by atoms with van der Waals surface area (Å²) < 4.78 is 7.84. The van der Waals surface area contributed by atoms with Gasteiger partial charge in [0.25, 0.3) is 0 Å². The van der Waals surface area contributed by atoms with Crippen molar-refractivity contribution in [2.24, 2.45) is 0 Å². The molecule has 0 saturated heterocycles. The van der Waals surface area contributed by atoms with Gasteiger partial charge in [-0.25, -0.2) is 4.79 Å². The van der Waals surface area contributed by atoms with Gasteiger partial charge in [0, 0.05) is 12.6 Å². The van der Waals surface area contributed by atoms with Crippen molar-refractivity contribution in [2.75, 3.05) is 7.11 Å². The number of aryl methyl sites for hydroxylation is 1. The fourth-order valence-corrected chi connectivity index (χ4v) is 3.75. The van der Waals surface area contributed by atoms with Gasteiger partial charge in [0.2, 0.25) is 5.88 Å². The third-order valence-corrected chi connectivity index (χ3v) is 4.52. The maximum atomic E-state index is 11.8. The zero-order chi connectivity index (χ0) is 12.0. The summed E-state index contributed by atoms with van der Waals surface area (Å²) in [6, 6.07) is 3.93. The molecule has 0 unspecified atom stereocenters. The highest BCUT2D eigenvalue weighted by Crippen LogP contribution is 2.38. The molecule has 3 rings (SSSR count). The number of aromatic nitrogens is 2. The highest BCUT2D eigenvalue weighted by atomic mass is 79.9. The van der Waals surface area contributed by atoms with E-state index < -0.39 is 0 Å². The van der Waals surface area contributed by atoms with E-state index >= 15 is 0 Å². The van der Waals surface area contributed by atoms with Crippen molar-refractivity contribution in [1.82, 2.24) is 9.55 Å². The fraction of sp³-hybridized carbons (Fsp3) is 0.273. The Labute approximate surface area is 110 Å². The molecule has 0 bridgehead atoms. The minimum absolute atomic E-state index is 0.241. The zero-order valence-corrected chi connectivity index (χ0v) is 11.5. The summed E-state index contributed by atoms with van der Waals surface area (Å²) >= 11 is 5.12. The zero-order valence-electron chi connectivity index (χ0n) is 9.07. The molecular weight excluding hydrogens is 304 g/mol. The summed E-state index contributed by atoms with van der Waals surface area (Å²) in [4.78, 5) is 16.8. The monoisotopic (exact) mass is 312 g/mol. The smallest absolute Gasteiger partial charge is 0.351 e. The molecule has 1 aliphatic rings. The predicted molar refractivity (Wildman–Crippen MR) is 69.8 cm³/mol. The third-order valence-electron chi connectivity index (χ3n) is 2.81. The van der Waals surface area contributed by atoms with E-state index in [1.807, 2.05) is 6.07 Å². The number of hydrogen-bond donors (Lipinski definition) is 0. The summed E-state index contributed by atoms with van der Waals surface area (Å²) in [5.41, 5.74) is 1.93. The van der Waals surface area contributed by atoms with E-state index in [2.05, 4.69) is 27.0 Å². The van der Waals surface area contributed by atoms with Crippen LogP contribution in [0.2, 0.25) is 0 Å². The molecule has 17 heavy (non-hydrogen) atoms. The second kappa shape index (κ2) is 3.96. The Morgan fingerprint density at radius 2 is 2.35 bits per heavy atom. The van der Waals surface area contributed by atoms with Gasteiger partial charge in [-0.15, -0.1) is 11.3 Å². The summed E-state index contributed by atoms with van der Waals surface area (Å²) in [5.74, 6) is 0.374. The van der Waals surface area contributed by atoms with Gasteiger partial charge in [-0.1, -0.05) is 0 Å². The summed E-state index contributed by atoms with van der Waals surface area (Å²) in [6.07, 6.45) is 0.873. The van der Waals surface area contributed by atoms with Crippen molar-refractivity contribution in [2.45, 2.75) is 13.0 Å². The van der Waals surface area contributed by atoms with Gasteiger partial charge < -0.3 is 4.74 Å². The number of hydrogen-bond acceptors (Lipinski definition) is 4. The standard InChI is InChI=1S/C11H9BrN2O2S/c1-16-9-5-7-10-6(4-8(12)17-10)2-3-14(7)11(15)13-9/h4-5H,2-3H2,1H3. The highest BCUT2D eigenvalue weighted by molar-refractivity contribution is 9.11. The molecule has 4 nitrogen and oxygen atoms in total. The van der Waals surface area contributed by atoms with Crippen molar-refractivity contribution < 1.29 is 4.74 Å². The van der Waals surface area contributed by atoms with Crippen LogP contribution in [0.15, 0.2) is 20.7 Å². The number of thiophene rings is 1. The summed E-state index contributed by atoms with van der Waals surface area (Å²) in [6.45, 7) is 0.682. The van der Waals surface area contributed by atoms with Crippen LogP contribution in [-0.2, 0) is 13.0 Å². The quantitative estimate of drug-likeness (QED) is 0.811. The first-order valence-electron chi connectivity index (χ1n) is 5.13. The number of halogens is 1. The van der Waals surface area contributed by atoms with E-state index in [0.29, 0.717) is 12.4 Å². The van der Waals surface area contributed by atoms with E-state index in [1.165, 1.54) is 12.7 Å². The van der Waals surface area contributed by atoms with Crippen LogP contribution in [0.4, 0.5) is 0 Å². The van der Waals surface area contributed by atoms with Crippen molar-refractivity contribution in [3.05, 3.63) is 32.0 Å². The van der Waals surface area contributed by atoms with Gasteiger partial charge in [0.1, 0.15) is 0 Å². The highest BCUT2D eigenvalue weighted by Gasteiger charge is 2.21. The number of fused-ring (bicyclic) bond motifs is 3. The number of methoxy groups -OCH3 is 1. The molecule has 88 valence electrons. The van der Waals surface area contributed by atoms with Crippen molar-refractivity contribution in [3.8, 4) is 16.5 Å². The van der Waals surface area contributed by atoms with Crippen molar-refractivity contribution in [1.29, 1.82) is 0 Å². The van der Waals surface area contributed by atoms with E-state index in [0.717, 1.165) is 20.8 Å². The van der Waals surface area contributed by atoms with Crippen LogP contribution in [0, 0.1) is 0 Å². The Kier molecular flexibility index (Phi) is 2.56. The Hall–Kier alpha value is -1.14. The molecule has 0 radical (unpaired) electrons. The lowest BCUT2D eigenvalue weighted by Crippen LogP contribution is -2.27. The Morgan fingerprint density at radius 1 is 1.53 bits per heavy atom. The minimum Gasteiger partial charge on any atom is -0.481 e. The molecule has 0 fully saturated rings. The SMILES string of the molecule is COc1cc2n(c(=O)n1)CCc1cc(Br)sc1-2.